The van der Waals surface area contributed by atoms with Crippen LogP contribution in [0.2, 0.25) is 0 Å². The van der Waals surface area contributed by atoms with Gasteiger partial charge in [0.25, 0.3) is 0 Å². The zero-order valence-electron chi connectivity index (χ0n) is 8.45. The third-order valence-corrected chi connectivity index (χ3v) is 2.56. The van der Waals surface area contributed by atoms with Crippen molar-refractivity contribution in [3.8, 4) is 0 Å². The fourth-order valence-electron chi connectivity index (χ4n) is 1.64. The lowest BCUT2D eigenvalue weighted by Crippen LogP contribution is -1.97. The Hall–Kier alpha value is -1.28. The Morgan fingerprint density at radius 2 is 2.21 bits per heavy atom. The molecule has 1 atom stereocenters. The van der Waals surface area contributed by atoms with E-state index in [-0.39, 0.29) is 12.5 Å². The average molecular weight is 190 g/mol. The zero-order chi connectivity index (χ0) is 10.1. The number of hydrogen-bond acceptors (Lipinski definition) is 2. The molecule has 0 saturated carbocycles. The number of aryl methyl sites for hydroxylation is 1. The first-order chi connectivity index (χ1) is 6.72. The van der Waals surface area contributed by atoms with E-state index in [0.29, 0.717) is 0 Å². The minimum atomic E-state index is 0.137. The van der Waals surface area contributed by atoms with E-state index >= 15 is 0 Å². The Balaban J connectivity index is 2.61. The van der Waals surface area contributed by atoms with Crippen LogP contribution < -0.4 is 0 Å². The van der Waals surface area contributed by atoms with E-state index in [9.17, 15) is 0 Å². The molecule has 0 aliphatic heterocycles. The van der Waals surface area contributed by atoms with Gasteiger partial charge >= 0.3 is 0 Å². The summed E-state index contributed by atoms with van der Waals surface area (Å²) in [6, 6.07) is 6.10. The maximum atomic E-state index is 9.09. The topological polar surface area (TPSA) is 33.4 Å². The van der Waals surface area contributed by atoms with E-state index in [0.717, 1.165) is 16.5 Å². The normalized spacial score (nSPS) is 13.4. The van der Waals surface area contributed by atoms with Crippen LogP contribution in [-0.2, 0) is 0 Å². The molecule has 2 rings (SSSR count). The molecule has 1 N–H and O–H groups in total. The predicted molar refractivity (Wildman–Crippen MR) is 56.5 cm³/mol. The molecule has 1 aromatic carbocycles. The number of rotatable bonds is 2. The lowest BCUT2D eigenvalue weighted by molar-refractivity contribution is 0.273. The molecule has 1 heterocycles. The third-order valence-electron chi connectivity index (χ3n) is 2.56. The van der Waals surface area contributed by atoms with Crippen molar-refractivity contribution < 1.29 is 9.52 Å². The number of benzene rings is 1. The monoisotopic (exact) mass is 190 g/mol. The van der Waals surface area contributed by atoms with Crippen molar-refractivity contribution in [2.45, 2.75) is 19.8 Å². The smallest absolute Gasteiger partial charge is 0.134 e. The Bertz CT molecular complexity index is 443. The van der Waals surface area contributed by atoms with Gasteiger partial charge in [-0.1, -0.05) is 18.6 Å². The van der Waals surface area contributed by atoms with Crippen LogP contribution in [0.3, 0.4) is 0 Å². The van der Waals surface area contributed by atoms with Gasteiger partial charge in [0, 0.05) is 23.5 Å². The van der Waals surface area contributed by atoms with E-state index < -0.39 is 0 Å². The molecule has 0 spiro atoms. The van der Waals surface area contributed by atoms with Gasteiger partial charge in [-0.3, -0.25) is 0 Å². The standard InChI is InChI=1S/C12H14O2/c1-8-3-4-12-10(5-8)11(7-14-12)9(2)6-13/h3-5,7,9,13H,6H2,1-2H3. The second-order valence-corrected chi connectivity index (χ2v) is 3.77. The molecule has 1 unspecified atom stereocenters. The van der Waals surface area contributed by atoms with Crippen LogP contribution in [0.15, 0.2) is 28.9 Å². The fourth-order valence-corrected chi connectivity index (χ4v) is 1.64. The highest BCUT2D eigenvalue weighted by atomic mass is 16.3. The molecule has 0 fully saturated rings. The van der Waals surface area contributed by atoms with Gasteiger partial charge in [-0.05, 0) is 19.1 Å². The summed E-state index contributed by atoms with van der Waals surface area (Å²) in [5.41, 5.74) is 3.20. The van der Waals surface area contributed by atoms with Gasteiger partial charge in [0.15, 0.2) is 0 Å². The summed E-state index contributed by atoms with van der Waals surface area (Å²) in [6.45, 7) is 4.20. The highest BCUT2D eigenvalue weighted by Gasteiger charge is 2.11. The van der Waals surface area contributed by atoms with Gasteiger partial charge in [-0.25, -0.2) is 0 Å². The molecular weight excluding hydrogens is 176 g/mol. The summed E-state index contributed by atoms with van der Waals surface area (Å²) < 4.78 is 5.42. The minimum absolute atomic E-state index is 0.137. The fraction of sp³-hybridized carbons (Fsp3) is 0.333. The van der Waals surface area contributed by atoms with Gasteiger partial charge < -0.3 is 9.52 Å². The molecule has 0 bridgehead atoms. The van der Waals surface area contributed by atoms with Crippen molar-refractivity contribution in [3.63, 3.8) is 0 Å². The third kappa shape index (κ3) is 1.42. The lowest BCUT2D eigenvalue weighted by atomic mass is 10.0. The van der Waals surface area contributed by atoms with Crippen molar-refractivity contribution in [3.05, 3.63) is 35.6 Å². The molecule has 0 aliphatic rings. The van der Waals surface area contributed by atoms with Crippen molar-refractivity contribution in [1.82, 2.24) is 0 Å². The van der Waals surface area contributed by atoms with Gasteiger partial charge in [0.05, 0.1) is 6.26 Å². The number of furan rings is 1. The predicted octanol–water partition coefficient (Wildman–Crippen LogP) is 2.84. The number of aliphatic hydroxyl groups excluding tert-OH is 1. The summed E-state index contributed by atoms with van der Waals surface area (Å²) in [7, 11) is 0. The summed E-state index contributed by atoms with van der Waals surface area (Å²) in [6.07, 6.45) is 1.74. The maximum Gasteiger partial charge on any atom is 0.134 e. The van der Waals surface area contributed by atoms with Crippen LogP contribution in [0.5, 0.6) is 0 Å². The highest BCUT2D eigenvalue weighted by Crippen LogP contribution is 2.27. The Labute approximate surface area is 83.2 Å². The molecular formula is C12H14O2. The van der Waals surface area contributed by atoms with Crippen LogP contribution in [-0.4, -0.2) is 11.7 Å². The van der Waals surface area contributed by atoms with Gasteiger partial charge in [0.1, 0.15) is 5.58 Å². The molecule has 0 aliphatic carbocycles. The van der Waals surface area contributed by atoms with Crippen LogP contribution in [0.25, 0.3) is 11.0 Å². The van der Waals surface area contributed by atoms with E-state index in [1.165, 1.54) is 5.56 Å². The SMILES string of the molecule is Cc1ccc2occ(C(C)CO)c2c1. The summed E-state index contributed by atoms with van der Waals surface area (Å²) >= 11 is 0. The van der Waals surface area contributed by atoms with Crippen LogP contribution in [0.1, 0.15) is 24.0 Å². The van der Waals surface area contributed by atoms with Crippen LogP contribution in [0, 0.1) is 6.92 Å². The summed E-state index contributed by atoms with van der Waals surface area (Å²) in [5.74, 6) is 0.137. The molecule has 0 saturated heterocycles. The van der Waals surface area contributed by atoms with Crippen molar-refractivity contribution >= 4 is 11.0 Å². The largest absolute Gasteiger partial charge is 0.464 e. The summed E-state index contributed by atoms with van der Waals surface area (Å²) in [5, 5.41) is 10.2. The van der Waals surface area contributed by atoms with Crippen molar-refractivity contribution in [1.29, 1.82) is 0 Å². The zero-order valence-corrected chi connectivity index (χ0v) is 8.45. The first-order valence-electron chi connectivity index (χ1n) is 4.81. The first kappa shape index (κ1) is 9.28. The molecule has 14 heavy (non-hydrogen) atoms. The Morgan fingerprint density at radius 3 is 2.93 bits per heavy atom. The molecule has 0 amide bonds. The number of fused-ring (bicyclic) bond motifs is 1. The second-order valence-electron chi connectivity index (χ2n) is 3.77. The summed E-state index contributed by atoms with van der Waals surface area (Å²) in [4.78, 5) is 0. The van der Waals surface area contributed by atoms with Gasteiger partial charge in [0.2, 0.25) is 0 Å². The van der Waals surface area contributed by atoms with Crippen molar-refractivity contribution in [2.24, 2.45) is 0 Å². The molecule has 2 heteroatoms. The highest BCUT2D eigenvalue weighted by molar-refractivity contribution is 5.82. The minimum Gasteiger partial charge on any atom is -0.464 e. The molecule has 2 aromatic rings. The quantitative estimate of drug-likeness (QED) is 0.790. The van der Waals surface area contributed by atoms with Gasteiger partial charge in [-0.15, -0.1) is 0 Å². The average Bonchev–Trinajstić information content (AvgIpc) is 2.59. The van der Waals surface area contributed by atoms with E-state index in [1.807, 2.05) is 19.1 Å². The second kappa shape index (κ2) is 3.46. The van der Waals surface area contributed by atoms with Crippen LogP contribution in [0.4, 0.5) is 0 Å². The Kier molecular flexibility index (Phi) is 2.30. The molecule has 0 radical (unpaired) electrons. The maximum absolute atomic E-state index is 9.09. The van der Waals surface area contributed by atoms with E-state index in [4.69, 9.17) is 9.52 Å². The molecule has 74 valence electrons. The van der Waals surface area contributed by atoms with E-state index in [1.54, 1.807) is 6.26 Å². The first-order valence-corrected chi connectivity index (χ1v) is 4.81. The lowest BCUT2D eigenvalue weighted by Gasteiger charge is -2.04. The van der Waals surface area contributed by atoms with Gasteiger partial charge in [-0.2, -0.15) is 0 Å². The Morgan fingerprint density at radius 1 is 1.43 bits per heavy atom. The van der Waals surface area contributed by atoms with Crippen molar-refractivity contribution in [2.75, 3.05) is 6.61 Å². The van der Waals surface area contributed by atoms with E-state index in [2.05, 4.69) is 13.0 Å². The number of hydrogen-bond donors (Lipinski definition) is 1. The molecule has 1 aromatic heterocycles. The van der Waals surface area contributed by atoms with Crippen LogP contribution >= 0.6 is 0 Å². The number of aliphatic hydroxyl groups is 1. The molecule has 2 nitrogen and oxygen atoms in total.